The maximum absolute atomic E-state index is 15.0. The van der Waals surface area contributed by atoms with Gasteiger partial charge in [-0.3, -0.25) is 24.0 Å². The number of nitrogens with one attached hydrogen (secondary N) is 2. The molecule has 18 heteroatoms. The third kappa shape index (κ3) is 9.82. The molecule has 3 aromatic rings. The Morgan fingerprint density at radius 3 is 2.38 bits per heavy atom. The van der Waals surface area contributed by atoms with Gasteiger partial charge in [0.25, 0.3) is 5.91 Å². The molecule has 7 atom stereocenters. The maximum Gasteiger partial charge on any atom is 0.422 e. The smallest absolute Gasteiger partial charge is 0.422 e. The molecule has 3 aliphatic heterocycles. The Bertz CT molecular complexity index is 2340. The summed E-state index contributed by atoms with van der Waals surface area (Å²) in [6.07, 6.45) is -5.12. The molecular formula is C47H50F3N3O12. The first-order chi connectivity index (χ1) is 30.8. The van der Waals surface area contributed by atoms with E-state index in [-0.39, 0.29) is 37.9 Å². The Hall–Kier alpha value is -5.66. The number of rotatable bonds is 14. The molecule has 5 aliphatic rings. The second kappa shape index (κ2) is 18.0. The molecule has 1 saturated carbocycles. The van der Waals surface area contributed by atoms with Gasteiger partial charge in [0.15, 0.2) is 18.4 Å². The molecule has 3 aromatic carbocycles. The van der Waals surface area contributed by atoms with Crippen LogP contribution < -0.4 is 10.6 Å². The molecule has 346 valence electrons. The molecule has 1 spiro atoms. The molecule has 2 amide bonds. The van der Waals surface area contributed by atoms with Crippen molar-refractivity contribution in [3.05, 3.63) is 112 Å². The van der Waals surface area contributed by atoms with Crippen LogP contribution in [0.5, 0.6) is 0 Å². The molecule has 0 radical (unpaired) electrons. The summed E-state index contributed by atoms with van der Waals surface area (Å²) in [5.74, 6) is -4.54. The normalized spacial score (nSPS) is 25.7. The number of ether oxygens (including phenoxy) is 5. The van der Waals surface area contributed by atoms with E-state index in [4.69, 9.17) is 23.8 Å². The van der Waals surface area contributed by atoms with Crippen LogP contribution in [0.3, 0.4) is 0 Å². The van der Waals surface area contributed by atoms with Crippen molar-refractivity contribution in [2.24, 2.45) is 5.41 Å². The van der Waals surface area contributed by atoms with E-state index in [1.54, 1.807) is 69.3 Å². The lowest BCUT2D eigenvalue weighted by molar-refractivity contribution is -0.217. The molecular weight excluding hydrogens is 856 g/mol. The number of hydrogen-bond acceptors (Lipinski definition) is 13. The van der Waals surface area contributed by atoms with Crippen LogP contribution in [-0.2, 0) is 73.6 Å². The number of carbonyl (C=O) groups is 5. The highest BCUT2D eigenvalue weighted by atomic mass is 19.4. The average Bonchev–Trinajstić information content (AvgIpc) is 3.93. The van der Waals surface area contributed by atoms with Gasteiger partial charge in [0.1, 0.15) is 35.4 Å². The molecule has 3 saturated heterocycles. The van der Waals surface area contributed by atoms with Gasteiger partial charge in [0, 0.05) is 43.9 Å². The number of benzene rings is 3. The number of aliphatic hydroxyl groups is 1. The molecule has 2 aliphatic carbocycles. The van der Waals surface area contributed by atoms with Gasteiger partial charge in [-0.2, -0.15) is 18.2 Å². The highest BCUT2D eigenvalue weighted by Crippen LogP contribution is 2.58. The van der Waals surface area contributed by atoms with Crippen molar-refractivity contribution in [1.82, 2.24) is 15.7 Å². The van der Waals surface area contributed by atoms with Crippen LogP contribution in [0.4, 0.5) is 13.2 Å². The van der Waals surface area contributed by atoms with E-state index in [1.165, 1.54) is 11.1 Å². The maximum atomic E-state index is 15.0. The fourth-order valence-electron chi connectivity index (χ4n) is 9.46. The predicted octanol–water partition coefficient (Wildman–Crippen LogP) is 4.41. The summed E-state index contributed by atoms with van der Waals surface area (Å²) in [5, 5.41) is 17.1. The Balaban J connectivity index is 1.03. The summed E-state index contributed by atoms with van der Waals surface area (Å²) in [6, 6.07) is 19.0. The van der Waals surface area contributed by atoms with Gasteiger partial charge >= 0.3 is 24.1 Å². The van der Waals surface area contributed by atoms with Gasteiger partial charge in [-0.1, -0.05) is 60.7 Å². The lowest BCUT2D eigenvalue weighted by Gasteiger charge is -2.48. The van der Waals surface area contributed by atoms with E-state index in [2.05, 4.69) is 15.4 Å². The molecule has 2 bridgehead atoms. The number of amides is 2. The first-order valence-corrected chi connectivity index (χ1v) is 21.4. The number of hydroxylamine groups is 2. The topological polar surface area (TPSA) is 188 Å². The minimum atomic E-state index is -4.70. The number of hydrogen-bond donors (Lipinski definition) is 3. The number of alkyl halides is 3. The minimum Gasteiger partial charge on any atom is -0.460 e. The first-order valence-electron chi connectivity index (χ1n) is 21.4. The van der Waals surface area contributed by atoms with E-state index in [1.807, 2.05) is 24.3 Å². The van der Waals surface area contributed by atoms with Crippen molar-refractivity contribution in [1.29, 1.82) is 0 Å². The molecule has 3 N–H and O–H groups in total. The van der Waals surface area contributed by atoms with Crippen LogP contribution in [-0.4, -0.2) is 107 Å². The summed E-state index contributed by atoms with van der Waals surface area (Å²) >= 11 is 0. The fourth-order valence-corrected chi connectivity index (χ4v) is 9.46. The van der Waals surface area contributed by atoms with Gasteiger partial charge in [0.2, 0.25) is 5.91 Å². The van der Waals surface area contributed by atoms with Gasteiger partial charge < -0.3 is 39.4 Å². The van der Waals surface area contributed by atoms with E-state index in [0.717, 1.165) is 17.2 Å². The molecule has 4 fully saturated rings. The Kier molecular flexibility index (Phi) is 12.7. The lowest BCUT2D eigenvalue weighted by Crippen LogP contribution is -2.69. The van der Waals surface area contributed by atoms with E-state index >= 15 is 0 Å². The molecule has 65 heavy (non-hydrogen) atoms. The Morgan fingerprint density at radius 2 is 1.68 bits per heavy atom. The predicted molar refractivity (Wildman–Crippen MR) is 222 cm³/mol. The zero-order chi connectivity index (χ0) is 46.3. The monoisotopic (exact) mass is 905 g/mol. The van der Waals surface area contributed by atoms with E-state index < -0.39 is 102 Å². The van der Waals surface area contributed by atoms with Gasteiger partial charge in [-0.05, 0) is 73.2 Å². The number of esters is 3. The van der Waals surface area contributed by atoms with E-state index in [0.29, 0.717) is 29.5 Å². The zero-order valence-corrected chi connectivity index (χ0v) is 35.9. The van der Waals surface area contributed by atoms with Crippen molar-refractivity contribution >= 4 is 35.8 Å². The zero-order valence-electron chi connectivity index (χ0n) is 35.9. The van der Waals surface area contributed by atoms with Crippen LogP contribution in [0.2, 0.25) is 0 Å². The van der Waals surface area contributed by atoms with Crippen LogP contribution >= 0.6 is 0 Å². The third-order valence-corrected chi connectivity index (χ3v) is 12.2. The lowest BCUT2D eigenvalue weighted by atomic mass is 9.62. The second-order valence-corrected chi connectivity index (χ2v) is 18.0. The first kappa shape index (κ1) is 45.9. The molecule has 8 rings (SSSR count). The highest BCUT2D eigenvalue weighted by molar-refractivity contribution is 5.95. The minimum absolute atomic E-state index is 0.0180. The SMILES string of the molecule is CC(C)(C)OC(=O)CCC(CO)NC(=O)c1cccc(CNC(=O)C23CC4OC(=O)C2N(Cc2ccccc2C=CC(=O)OCC(F)(F)F)OC3C2OC3(Cc5ccccc5C3)OC42)c1. The molecule has 15 nitrogen and oxygen atoms in total. The largest absolute Gasteiger partial charge is 0.460 e. The second-order valence-electron chi connectivity index (χ2n) is 18.0. The molecule has 3 heterocycles. The number of nitrogens with zero attached hydrogens (tertiary/aromatic N) is 1. The van der Waals surface area contributed by atoms with Crippen LogP contribution in [0, 0.1) is 5.41 Å². The standard InChI is InChI=1S/C47H50F3N3O12/c1-44(2,3)62-36(56)18-16-33(25-54)52-41(57)29-14-8-9-27(19-29)23-51-43(59)46-22-34-37-38(64-45(63-37)20-30-11-5-6-12-31(30)21-45)40(46)65-53(39(46)42(58)61-34)24-32-13-7-4-10-28(32)15-17-35(55)60-26-47(48,49)50/h4-15,17,19,33-34,37-40,54H,16,18,20-26H2,1-3H3,(H,51,59)(H,52,57). The molecule has 7 unspecified atom stereocenters. The van der Waals surface area contributed by atoms with Crippen molar-refractivity contribution in [3.63, 3.8) is 0 Å². The van der Waals surface area contributed by atoms with Crippen LogP contribution in [0.25, 0.3) is 6.08 Å². The number of halogens is 3. The summed E-state index contributed by atoms with van der Waals surface area (Å²) in [6.45, 7) is 2.89. The number of carbonyl (C=O) groups excluding carboxylic acids is 5. The number of aliphatic hydroxyl groups excluding tert-OH is 1. The fraction of sp³-hybridized carbons (Fsp3) is 0.468. The molecule has 0 aromatic heterocycles. The van der Waals surface area contributed by atoms with Crippen molar-refractivity contribution in [2.75, 3.05) is 13.2 Å². The highest BCUT2D eigenvalue weighted by Gasteiger charge is 2.76. The van der Waals surface area contributed by atoms with E-state index in [9.17, 15) is 42.3 Å². The average molecular weight is 906 g/mol. The van der Waals surface area contributed by atoms with Gasteiger partial charge in [-0.15, -0.1) is 0 Å². The van der Waals surface area contributed by atoms with Gasteiger partial charge in [0.05, 0.1) is 19.2 Å². The van der Waals surface area contributed by atoms with Crippen molar-refractivity contribution in [3.8, 4) is 0 Å². The van der Waals surface area contributed by atoms with Gasteiger partial charge in [-0.25, -0.2) is 4.79 Å². The summed E-state index contributed by atoms with van der Waals surface area (Å²) in [4.78, 5) is 73.7. The van der Waals surface area contributed by atoms with Crippen LogP contribution in [0.15, 0.2) is 78.9 Å². The van der Waals surface area contributed by atoms with Crippen LogP contribution in [0.1, 0.15) is 78.2 Å². The summed E-state index contributed by atoms with van der Waals surface area (Å²) in [7, 11) is 0. The van der Waals surface area contributed by atoms with Crippen molar-refractivity contribution < 1.29 is 70.8 Å². The third-order valence-electron chi connectivity index (χ3n) is 12.2. The quantitative estimate of drug-likeness (QED) is 0.117. The summed E-state index contributed by atoms with van der Waals surface area (Å²) in [5.41, 5.74) is 1.52. The summed E-state index contributed by atoms with van der Waals surface area (Å²) < 4.78 is 67.3. The Labute approximate surface area is 372 Å². The Morgan fingerprint density at radius 1 is 0.969 bits per heavy atom. The number of fused-ring (bicyclic) bond motifs is 5. The van der Waals surface area contributed by atoms with Crippen molar-refractivity contribution in [2.45, 2.75) is 120 Å².